The molecule has 13 aromatic carbocycles. The van der Waals surface area contributed by atoms with Crippen molar-refractivity contribution in [2.75, 3.05) is 0 Å². The van der Waals surface area contributed by atoms with Gasteiger partial charge in [0, 0.05) is 0 Å². The average Bonchev–Trinajstić information content (AvgIpc) is 3.23. The summed E-state index contributed by atoms with van der Waals surface area (Å²) in [5.74, 6) is 0. The van der Waals surface area contributed by atoms with Gasteiger partial charge in [-0.15, -0.1) is 0 Å². The zero-order valence-electron chi connectivity index (χ0n) is 29.3. The Kier molecular flexibility index (Phi) is 5.45. The van der Waals surface area contributed by atoms with Crippen molar-refractivity contribution >= 4 is 97.0 Å². The highest BCUT2D eigenvalue weighted by molar-refractivity contribution is 6.29. The fourth-order valence-corrected chi connectivity index (χ4v) is 10.1. The van der Waals surface area contributed by atoms with Gasteiger partial charge in [-0.05, 0) is 155 Å². The Bertz CT molecular complexity index is 3460. The van der Waals surface area contributed by atoms with Crippen molar-refractivity contribution < 1.29 is 0 Å². The van der Waals surface area contributed by atoms with E-state index in [9.17, 15) is 0 Å². The molecule has 0 atom stereocenters. The van der Waals surface area contributed by atoms with Crippen LogP contribution in [0.15, 0.2) is 182 Å². The van der Waals surface area contributed by atoms with Gasteiger partial charge in [-0.1, -0.05) is 158 Å². The zero-order valence-corrected chi connectivity index (χ0v) is 29.3. The lowest BCUT2D eigenvalue weighted by Crippen LogP contribution is -1.92. The van der Waals surface area contributed by atoms with Crippen LogP contribution in [0.1, 0.15) is 0 Å². The largest absolute Gasteiger partial charge is 0.0610 e. The van der Waals surface area contributed by atoms with E-state index in [1.54, 1.807) is 0 Å². The third kappa shape index (κ3) is 3.77. The van der Waals surface area contributed by atoms with E-state index in [0.717, 1.165) is 0 Å². The molecule has 0 aliphatic carbocycles. The molecule has 0 fully saturated rings. The molecular formula is C54H30. The predicted octanol–water partition coefficient (Wildman–Crippen LogP) is 15.4. The minimum Gasteiger partial charge on any atom is -0.0610 e. The molecule has 0 saturated carbocycles. The molecule has 0 unspecified atom stereocenters. The van der Waals surface area contributed by atoms with Crippen LogP contribution in [0, 0.1) is 0 Å². The van der Waals surface area contributed by atoms with Crippen LogP contribution in [0.4, 0.5) is 0 Å². The van der Waals surface area contributed by atoms with Gasteiger partial charge in [0.2, 0.25) is 0 Å². The van der Waals surface area contributed by atoms with E-state index in [-0.39, 0.29) is 0 Å². The number of rotatable bonds is 3. The minimum atomic E-state index is 1.23. The Hall–Kier alpha value is -7.02. The molecule has 54 heavy (non-hydrogen) atoms. The molecule has 0 aromatic heterocycles. The van der Waals surface area contributed by atoms with Crippen molar-refractivity contribution in [2.24, 2.45) is 0 Å². The lowest BCUT2D eigenvalue weighted by Gasteiger charge is -2.19. The smallest absolute Gasteiger partial charge is 0.00206 e. The topological polar surface area (TPSA) is 0 Å². The molecule has 0 radical (unpaired) electrons. The molecule has 13 rings (SSSR count). The molecule has 0 nitrogen and oxygen atoms in total. The lowest BCUT2D eigenvalue weighted by atomic mass is 9.84. The third-order valence-electron chi connectivity index (χ3n) is 12.4. The molecule has 0 N–H and O–H groups in total. The maximum atomic E-state index is 2.45. The van der Waals surface area contributed by atoms with Gasteiger partial charge in [-0.25, -0.2) is 0 Å². The van der Waals surface area contributed by atoms with E-state index in [2.05, 4.69) is 182 Å². The van der Waals surface area contributed by atoms with Crippen LogP contribution in [0.3, 0.4) is 0 Å². The standard InChI is InChI=1S/C54H30/c1-5-31-14-17-37-19-23-43(46-25-21-34(7-1)49(31)53(37)46)40-27-41(44-24-20-38-18-15-32-6-2-8-35-22-26-47(44)54(38)50(32)35)29-42(28-40)48-30-39-11-3-9-33-13-16-36-10-4-12-45(48)52(36)51(33)39/h1-30H. The van der Waals surface area contributed by atoms with E-state index >= 15 is 0 Å². The summed E-state index contributed by atoms with van der Waals surface area (Å²) in [4.78, 5) is 0. The molecule has 0 spiro atoms. The molecule has 0 aliphatic heterocycles. The first-order valence-electron chi connectivity index (χ1n) is 18.9. The molecular weight excluding hydrogens is 649 g/mol. The molecule has 0 saturated heterocycles. The molecule has 0 aliphatic rings. The normalized spacial score (nSPS) is 12.4. The van der Waals surface area contributed by atoms with Gasteiger partial charge in [0.1, 0.15) is 0 Å². The summed E-state index contributed by atoms with van der Waals surface area (Å²) in [5.41, 5.74) is 7.49. The van der Waals surface area contributed by atoms with E-state index in [1.165, 1.54) is 130 Å². The molecule has 0 amide bonds. The first-order valence-corrected chi connectivity index (χ1v) is 18.9. The Morgan fingerprint density at radius 2 is 0.481 bits per heavy atom. The van der Waals surface area contributed by atoms with Crippen LogP contribution < -0.4 is 0 Å². The fourth-order valence-electron chi connectivity index (χ4n) is 10.1. The van der Waals surface area contributed by atoms with Crippen LogP contribution >= 0.6 is 0 Å². The van der Waals surface area contributed by atoms with Crippen molar-refractivity contribution in [3.05, 3.63) is 182 Å². The Morgan fingerprint density at radius 3 is 0.944 bits per heavy atom. The van der Waals surface area contributed by atoms with Crippen LogP contribution in [-0.2, 0) is 0 Å². The van der Waals surface area contributed by atoms with Crippen LogP contribution in [0.2, 0.25) is 0 Å². The second-order valence-electron chi connectivity index (χ2n) is 15.2. The van der Waals surface area contributed by atoms with Crippen molar-refractivity contribution in [2.45, 2.75) is 0 Å². The quantitative estimate of drug-likeness (QED) is 0.163. The summed E-state index contributed by atoms with van der Waals surface area (Å²) < 4.78 is 0. The molecule has 13 aromatic rings. The van der Waals surface area contributed by atoms with Crippen molar-refractivity contribution in [1.82, 2.24) is 0 Å². The highest BCUT2D eigenvalue weighted by Gasteiger charge is 2.19. The molecule has 0 bridgehead atoms. The molecule has 246 valence electrons. The number of benzene rings is 13. The zero-order chi connectivity index (χ0) is 35.1. The van der Waals surface area contributed by atoms with Gasteiger partial charge in [0.25, 0.3) is 0 Å². The summed E-state index contributed by atoms with van der Waals surface area (Å²) in [6.07, 6.45) is 0. The van der Waals surface area contributed by atoms with E-state index in [1.807, 2.05) is 0 Å². The van der Waals surface area contributed by atoms with E-state index in [0.29, 0.717) is 0 Å². The summed E-state index contributed by atoms with van der Waals surface area (Å²) in [5, 5.41) is 23.6. The van der Waals surface area contributed by atoms with E-state index < -0.39 is 0 Å². The van der Waals surface area contributed by atoms with Gasteiger partial charge in [-0.2, -0.15) is 0 Å². The summed E-state index contributed by atoms with van der Waals surface area (Å²) in [6, 6.07) is 68.9. The van der Waals surface area contributed by atoms with Crippen molar-refractivity contribution in [3.8, 4) is 33.4 Å². The highest BCUT2D eigenvalue weighted by atomic mass is 14.2. The minimum absolute atomic E-state index is 1.23. The van der Waals surface area contributed by atoms with Gasteiger partial charge < -0.3 is 0 Å². The van der Waals surface area contributed by atoms with Gasteiger partial charge in [0.05, 0.1) is 0 Å². The van der Waals surface area contributed by atoms with E-state index in [4.69, 9.17) is 0 Å². The van der Waals surface area contributed by atoms with Crippen LogP contribution in [-0.4, -0.2) is 0 Å². The van der Waals surface area contributed by atoms with Gasteiger partial charge in [-0.3, -0.25) is 0 Å². The predicted molar refractivity (Wildman–Crippen MR) is 234 cm³/mol. The SMILES string of the molecule is c1cc2ccc3ccc(-c4cc(-c5ccc6ccc7cccc8ccc5c6c78)cc(-c5cc6cccc7ccc8cccc5c8c76)c4)c4ccc(c1)c2c34. The second-order valence-corrected chi connectivity index (χ2v) is 15.2. The van der Waals surface area contributed by atoms with Crippen LogP contribution in [0.25, 0.3) is 130 Å². The summed E-state index contributed by atoms with van der Waals surface area (Å²) >= 11 is 0. The number of hydrogen-bond donors (Lipinski definition) is 0. The van der Waals surface area contributed by atoms with Crippen LogP contribution in [0.5, 0.6) is 0 Å². The lowest BCUT2D eigenvalue weighted by molar-refractivity contribution is 1.62. The van der Waals surface area contributed by atoms with Crippen molar-refractivity contribution in [1.29, 1.82) is 0 Å². The Morgan fingerprint density at radius 1 is 0.185 bits per heavy atom. The summed E-state index contributed by atoms with van der Waals surface area (Å²) in [6.45, 7) is 0. The second kappa shape index (κ2) is 10.3. The Balaban J connectivity index is 1.16. The third-order valence-corrected chi connectivity index (χ3v) is 12.4. The maximum Gasteiger partial charge on any atom is -0.00206 e. The summed E-state index contributed by atoms with van der Waals surface area (Å²) in [7, 11) is 0. The van der Waals surface area contributed by atoms with Gasteiger partial charge in [0.15, 0.2) is 0 Å². The Labute approximate surface area is 311 Å². The molecule has 0 heteroatoms. The van der Waals surface area contributed by atoms with Crippen molar-refractivity contribution in [3.63, 3.8) is 0 Å². The first-order chi connectivity index (χ1) is 26.7. The fraction of sp³-hybridized carbons (Fsp3) is 0. The maximum absolute atomic E-state index is 2.45. The first kappa shape index (κ1) is 28.6. The van der Waals surface area contributed by atoms with Gasteiger partial charge >= 0.3 is 0 Å². The monoisotopic (exact) mass is 678 g/mol. The average molecular weight is 679 g/mol. The molecule has 0 heterocycles. The number of hydrogen-bond acceptors (Lipinski definition) is 0. The highest BCUT2D eigenvalue weighted by Crippen LogP contribution is 2.46.